The zero-order chi connectivity index (χ0) is 18.1. The number of thiazole rings is 1. The van der Waals surface area contributed by atoms with Crippen LogP contribution in [0.15, 0.2) is 42.5 Å². The van der Waals surface area contributed by atoms with Gasteiger partial charge in [-0.15, -0.1) is 0 Å². The van der Waals surface area contributed by atoms with Crippen LogP contribution in [0, 0.1) is 6.92 Å². The Morgan fingerprint density at radius 3 is 2.58 bits per heavy atom. The Labute approximate surface area is 156 Å². The second-order valence-electron chi connectivity index (χ2n) is 6.40. The molecule has 0 spiro atoms. The number of benzene rings is 2. The summed E-state index contributed by atoms with van der Waals surface area (Å²) in [6.07, 6.45) is 0. The molecule has 134 valence electrons. The van der Waals surface area contributed by atoms with E-state index in [1.807, 2.05) is 48.2 Å². The Hall–Kier alpha value is -2.60. The quantitative estimate of drug-likeness (QED) is 0.710. The highest BCUT2D eigenvalue weighted by Gasteiger charge is 2.25. The van der Waals surface area contributed by atoms with Crippen molar-refractivity contribution < 1.29 is 9.53 Å². The normalized spacial score (nSPS) is 14.7. The zero-order valence-corrected chi connectivity index (χ0v) is 15.8. The summed E-state index contributed by atoms with van der Waals surface area (Å²) < 4.78 is 6.53. The minimum Gasteiger partial charge on any atom is -0.494 e. The van der Waals surface area contributed by atoms with E-state index in [4.69, 9.17) is 9.72 Å². The molecule has 1 aliphatic heterocycles. The Morgan fingerprint density at radius 2 is 1.85 bits per heavy atom. The molecule has 3 aromatic rings. The van der Waals surface area contributed by atoms with Crippen LogP contribution < -0.4 is 9.64 Å². The molecule has 26 heavy (non-hydrogen) atoms. The smallest absolute Gasteiger partial charge is 0.254 e. The van der Waals surface area contributed by atoms with E-state index in [-0.39, 0.29) is 5.91 Å². The summed E-state index contributed by atoms with van der Waals surface area (Å²) in [6, 6.07) is 13.8. The number of para-hydroxylation sites is 1. The average molecular weight is 367 g/mol. The van der Waals surface area contributed by atoms with E-state index in [9.17, 15) is 4.79 Å². The van der Waals surface area contributed by atoms with Crippen LogP contribution in [-0.4, -0.2) is 49.1 Å². The van der Waals surface area contributed by atoms with E-state index in [0.29, 0.717) is 13.1 Å². The Balaban J connectivity index is 1.49. The number of amides is 1. The van der Waals surface area contributed by atoms with E-state index < -0.39 is 0 Å². The summed E-state index contributed by atoms with van der Waals surface area (Å²) in [6.45, 7) is 4.98. The standard InChI is InChI=1S/C20H21N3O2S/c1-14-6-3-4-7-15(14)19(24)22-10-12-23(13-11-22)20-21-18-16(25-2)8-5-9-17(18)26-20/h3-9H,10-13H2,1-2H3. The van der Waals surface area contributed by atoms with Crippen LogP contribution in [-0.2, 0) is 0 Å². The van der Waals surface area contributed by atoms with Crippen molar-refractivity contribution in [1.29, 1.82) is 0 Å². The molecular weight excluding hydrogens is 346 g/mol. The fraction of sp³-hybridized carbons (Fsp3) is 0.300. The number of piperazine rings is 1. The Bertz CT molecular complexity index is 945. The second kappa shape index (κ2) is 6.96. The van der Waals surface area contributed by atoms with E-state index in [1.54, 1.807) is 18.4 Å². The van der Waals surface area contributed by atoms with Gasteiger partial charge in [-0.2, -0.15) is 0 Å². The molecule has 6 heteroatoms. The maximum atomic E-state index is 12.8. The van der Waals surface area contributed by atoms with Gasteiger partial charge in [-0.3, -0.25) is 4.79 Å². The molecular formula is C20H21N3O2S. The summed E-state index contributed by atoms with van der Waals surface area (Å²) in [5.74, 6) is 0.923. The van der Waals surface area contributed by atoms with Gasteiger partial charge in [0.2, 0.25) is 0 Å². The van der Waals surface area contributed by atoms with E-state index >= 15 is 0 Å². The highest BCUT2D eigenvalue weighted by Crippen LogP contribution is 2.34. The van der Waals surface area contributed by atoms with Gasteiger partial charge in [0.25, 0.3) is 5.91 Å². The van der Waals surface area contributed by atoms with Gasteiger partial charge >= 0.3 is 0 Å². The minimum absolute atomic E-state index is 0.119. The van der Waals surface area contributed by atoms with Crippen LogP contribution in [0.4, 0.5) is 5.13 Å². The number of hydrogen-bond acceptors (Lipinski definition) is 5. The topological polar surface area (TPSA) is 45.7 Å². The molecule has 1 saturated heterocycles. The van der Waals surface area contributed by atoms with Gasteiger partial charge in [0.05, 0.1) is 11.8 Å². The maximum absolute atomic E-state index is 12.8. The first-order chi connectivity index (χ1) is 12.7. The third-order valence-corrected chi connectivity index (χ3v) is 5.88. The average Bonchev–Trinajstić information content (AvgIpc) is 3.12. The number of nitrogens with zero attached hydrogens (tertiary/aromatic N) is 3. The number of carbonyl (C=O) groups excluding carboxylic acids is 1. The highest BCUT2D eigenvalue weighted by atomic mass is 32.1. The largest absolute Gasteiger partial charge is 0.494 e. The Morgan fingerprint density at radius 1 is 1.08 bits per heavy atom. The predicted octanol–water partition coefficient (Wildman–Crippen LogP) is 3.58. The first-order valence-electron chi connectivity index (χ1n) is 8.71. The molecule has 1 amide bonds. The molecule has 1 aliphatic rings. The van der Waals surface area contributed by atoms with Crippen molar-refractivity contribution in [3.63, 3.8) is 0 Å². The van der Waals surface area contributed by atoms with E-state index in [0.717, 1.165) is 45.3 Å². The molecule has 0 N–H and O–H groups in total. The number of aryl methyl sites for hydroxylation is 1. The summed E-state index contributed by atoms with van der Waals surface area (Å²) in [5.41, 5.74) is 2.73. The van der Waals surface area contributed by atoms with Crippen LogP contribution >= 0.6 is 11.3 Å². The van der Waals surface area contributed by atoms with Crippen molar-refractivity contribution in [2.75, 3.05) is 38.2 Å². The fourth-order valence-corrected chi connectivity index (χ4v) is 4.33. The minimum atomic E-state index is 0.119. The summed E-state index contributed by atoms with van der Waals surface area (Å²) in [5, 5.41) is 0.993. The number of methoxy groups -OCH3 is 1. The molecule has 0 aliphatic carbocycles. The molecule has 0 radical (unpaired) electrons. The number of anilines is 1. The van der Waals surface area contributed by atoms with Gasteiger partial charge < -0.3 is 14.5 Å². The van der Waals surface area contributed by atoms with Crippen LogP contribution in [0.3, 0.4) is 0 Å². The SMILES string of the molecule is COc1cccc2sc(N3CCN(C(=O)c4ccccc4C)CC3)nc12. The summed E-state index contributed by atoms with van der Waals surface area (Å²) in [4.78, 5) is 21.7. The number of ether oxygens (including phenoxy) is 1. The van der Waals surface area contributed by atoms with Crippen molar-refractivity contribution >= 4 is 32.6 Å². The number of carbonyl (C=O) groups is 1. The number of hydrogen-bond donors (Lipinski definition) is 0. The van der Waals surface area contributed by atoms with Crippen molar-refractivity contribution in [2.45, 2.75) is 6.92 Å². The lowest BCUT2D eigenvalue weighted by Gasteiger charge is -2.34. The first-order valence-corrected chi connectivity index (χ1v) is 9.52. The molecule has 4 rings (SSSR count). The van der Waals surface area contributed by atoms with Crippen LogP contribution in [0.2, 0.25) is 0 Å². The molecule has 2 heterocycles. The molecule has 0 atom stereocenters. The van der Waals surface area contributed by atoms with E-state index in [1.165, 1.54) is 0 Å². The Kier molecular flexibility index (Phi) is 4.51. The molecule has 1 fully saturated rings. The van der Waals surface area contributed by atoms with Crippen LogP contribution in [0.5, 0.6) is 5.75 Å². The molecule has 0 saturated carbocycles. The van der Waals surface area contributed by atoms with Gasteiger partial charge in [-0.05, 0) is 30.7 Å². The highest BCUT2D eigenvalue weighted by molar-refractivity contribution is 7.22. The maximum Gasteiger partial charge on any atom is 0.254 e. The lowest BCUT2D eigenvalue weighted by Crippen LogP contribution is -2.48. The zero-order valence-electron chi connectivity index (χ0n) is 14.9. The number of aromatic nitrogens is 1. The monoisotopic (exact) mass is 367 g/mol. The van der Waals surface area contributed by atoms with Gasteiger partial charge in [-0.25, -0.2) is 4.98 Å². The first kappa shape index (κ1) is 16.8. The van der Waals surface area contributed by atoms with Crippen LogP contribution in [0.25, 0.3) is 10.2 Å². The molecule has 2 aromatic carbocycles. The van der Waals surface area contributed by atoms with Crippen LogP contribution in [0.1, 0.15) is 15.9 Å². The van der Waals surface area contributed by atoms with Crippen molar-refractivity contribution in [3.05, 3.63) is 53.6 Å². The van der Waals surface area contributed by atoms with E-state index in [2.05, 4.69) is 11.0 Å². The number of fused-ring (bicyclic) bond motifs is 1. The summed E-state index contributed by atoms with van der Waals surface area (Å²) in [7, 11) is 1.67. The second-order valence-corrected chi connectivity index (χ2v) is 7.41. The van der Waals surface area contributed by atoms with Gasteiger partial charge in [0.15, 0.2) is 5.13 Å². The van der Waals surface area contributed by atoms with Crippen molar-refractivity contribution in [2.24, 2.45) is 0 Å². The predicted molar refractivity (Wildman–Crippen MR) is 105 cm³/mol. The van der Waals surface area contributed by atoms with Crippen molar-refractivity contribution in [1.82, 2.24) is 9.88 Å². The van der Waals surface area contributed by atoms with Gasteiger partial charge in [0.1, 0.15) is 11.3 Å². The van der Waals surface area contributed by atoms with Crippen molar-refractivity contribution in [3.8, 4) is 5.75 Å². The lowest BCUT2D eigenvalue weighted by molar-refractivity contribution is 0.0746. The summed E-state index contributed by atoms with van der Waals surface area (Å²) >= 11 is 1.67. The third-order valence-electron chi connectivity index (χ3n) is 4.80. The fourth-order valence-electron chi connectivity index (χ4n) is 3.30. The number of rotatable bonds is 3. The molecule has 0 bridgehead atoms. The lowest BCUT2D eigenvalue weighted by atomic mass is 10.1. The molecule has 5 nitrogen and oxygen atoms in total. The molecule has 1 aromatic heterocycles. The molecule has 0 unspecified atom stereocenters. The van der Waals surface area contributed by atoms with Gasteiger partial charge in [0, 0.05) is 31.7 Å². The third kappa shape index (κ3) is 3.01. The van der Waals surface area contributed by atoms with Gasteiger partial charge in [-0.1, -0.05) is 35.6 Å².